The minimum Gasteiger partial charge on any atom is -0.490 e. The normalized spacial score (nSPS) is 12.5. The number of nitrogens with zero attached hydrogens (tertiary/aromatic N) is 2. The molecule has 2 aromatic rings. The van der Waals surface area contributed by atoms with Gasteiger partial charge in [-0.1, -0.05) is 13.0 Å². The van der Waals surface area contributed by atoms with Crippen LogP contribution < -0.4 is 20.1 Å². The minimum atomic E-state index is 0.0642. The van der Waals surface area contributed by atoms with Crippen LogP contribution in [0, 0.1) is 0 Å². The molecular weight excluding hydrogens is 372 g/mol. The zero-order chi connectivity index (χ0) is 20.4. The summed E-state index contributed by atoms with van der Waals surface area (Å²) in [7, 11) is 0. The Bertz CT molecular complexity index is 761. The average Bonchev–Trinajstić information content (AvgIpc) is 3.16. The van der Waals surface area contributed by atoms with E-state index in [9.17, 15) is 0 Å². The molecule has 28 heavy (non-hydrogen) atoms. The zero-order valence-corrected chi connectivity index (χ0v) is 18.4. The van der Waals surface area contributed by atoms with Crippen molar-refractivity contribution in [1.82, 2.24) is 15.6 Å². The highest BCUT2D eigenvalue weighted by atomic mass is 32.1. The van der Waals surface area contributed by atoms with Crippen molar-refractivity contribution in [3.05, 3.63) is 39.8 Å². The largest absolute Gasteiger partial charge is 0.490 e. The maximum Gasteiger partial charge on any atom is 0.192 e. The van der Waals surface area contributed by atoms with Crippen molar-refractivity contribution in [3.8, 4) is 11.5 Å². The van der Waals surface area contributed by atoms with Gasteiger partial charge < -0.3 is 20.1 Å². The average molecular weight is 405 g/mol. The molecule has 1 aromatic heterocycles. The number of aromatic nitrogens is 1. The second-order valence-electron chi connectivity index (χ2n) is 6.22. The van der Waals surface area contributed by atoms with Crippen molar-refractivity contribution in [1.29, 1.82) is 0 Å². The molecule has 1 heterocycles. The molecule has 0 bridgehead atoms. The van der Waals surface area contributed by atoms with Crippen molar-refractivity contribution < 1.29 is 9.47 Å². The number of hydrogen-bond acceptors (Lipinski definition) is 5. The van der Waals surface area contributed by atoms with Crippen LogP contribution in [-0.4, -0.2) is 30.7 Å². The van der Waals surface area contributed by atoms with E-state index in [1.807, 2.05) is 26.0 Å². The van der Waals surface area contributed by atoms with Gasteiger partial charge in [0.1, 0.15) is 0 Å². The van der Waals surface area contributed by atoms with E-state index in [4.69, 9.17) is 9.47 Å². The van der Waals surface area contributed by atoms with E-state index in [1.165, 1.54) is 0 Å². The van der Waals surface area contributed by atoms with Crippen LogP contribution in [0.25, 0.3) is 0 Å². The fraction of sp³-hybridized carbons (Fsp3) is 0.524. The summed E-state index contributed by atoms with van der Waals surface area (Å²) >= 11 is 1.69. The summed E-state index contributed by atoms with van der Waals surface area (Å²) in [6.07, 6.45) is 0.962. The van der Waals surface area contributed by atoms with Gasteiger partial charge in [0.15, 0.2) is 17.5 Å². The third-order valence-electron chi connectivity index (χ3n) is 4.07. The van der Waals surface area contributed by atoms with E-state index < -0.39 is 0 Å². The first kappa shape index (κ1) is 22.0. The Morgan fingerprint density at radius 3 is 2.54 bits per heavy atom. The van der Waals surface area contributed by atoms with Gasteiger partial charge in [0, 0.05) is 11.9 Å². The Kier molecular flexibility index (Phi) is 9.07. The molecule has 7 heteroatoms. The zero-order valence-electron chi connectivity index (χ0n) is 17.5. The number of benzene rings is 1. The summed E-state index contributed by atoms with van der Waals surface area (Å²) in [5.41, 5.74) is 2.12. The van der Waals surface area contributed by atoms with Crippen LogP contribution in [0.5, 0.6) is 11.5 Å². The third kappa shape index (κ3) is 6.41. The van der Waals surface area contributed by atoms with Crippen LogP contribution in [0.4, 0.5) is 0 Å². The monoisotopic (exact) mass is 404 g/mol. The lowest BCUT2D eigenvalue weighted by Gasteiger charge is -2.20. The van der Waals surface area contributed by atoms with Gasteiger partial charge in [0.25, 0.3) is 0 Å². The van der Waals surface area contributed by atoms with Crippen LogP contribution in [0.15, 0.2) is 28.6 Å². The van der Waals surface area contributed by atoms with Gasteiger partial charge in [-0.3, -0.25) is 0 Å². The molecule has 0 fully saturated rings. The summed E-state index contributed by atoms with van der Waals surface area (Å²) in [5, 5.41) is 10.00. The molecule has 0 radical (unpaired) electrons. The predicted molar refractivity (Wildman–Crippen MR) is 117 cm³/mol. The van der Waals surface area contributed by atoms with E-state index in [-0.39, 0.29) is 6.04 Å². The Morgan fingerprint density at radius 1 is 1.14 bits per heavy atom. The SMILES string of the molecule is CCNC(=NCc1csc(CC)n1)NC(C)c1ccc(OCC)c(OCC)c1. The van der Waals surface area contributed by atoms with E-state index in [1.54, 1.807) is 11.3 Å². The second kappa shape index (κ2) is 11.5. The molecule has 0 aliphatic rings. The molecule has 0 saturated heterocycles. The van der Waals surface area contributed by atoms with Crippen LogP contribution in [0.2, 0.25) is 0 Å². The number of rotatable bonds is 10. The maximum atomic E-state index is 5.75. The Morgan fingerprint density at radius 2 is 1.89 bits per heavy atom. The summed E-state index contributed by atoms with van der Waals surface area (Å²) in [6, 6.07) is 6.12. The van der Waals surface area contributed by atoms with Crippen molar-refractivity contribution in [3.63, 3.8) is 0 Å². The molecule has 0 aliphatic heterocycles. The van der Waals surface area contributed by atoms with Crippen molar-refractivity contribution in [2.24, 2.45) is 4.99 Å². The van der Waals surface area contributed by atoms with Crippen molar-refractivity contribution >= 4 is 17.3 Å². The molecule has 1 aromatic carbocycles. The van der Waals surface area contributed by atoms with Crippen molar-refractivity contribution in [2.75, 3.05) is 19.8 Å². The number of guanidine groups is 1. The van der Waals surface area contributed by atoms with E-state index in [0.29, 0.717) is 19.8 Å². The van der Waals surface area contributed by atoms with Gasteiger partial charge in [-0.25, -0.2) is 9.98 Å². The second-order valence-corrected chi connectivity index (χ2v) is 7.16. The first-order valence-corrected chi connectivity index (χ1v) is 10.9. The molecule has 0 spiro atoms. The molecule has 1 atom stereocenters. The van der Waals surface area contributed by atoms with Gasteiger partial charge >= 0.3 is 0 Å². The van der Waals surface area contributed by atoms with Crippen LogP contribution in [0.1, 0.15) is 56.9 Å². The molecule has 0 aliphatic carbocycles. The Balaban J connectivity index is 2.10. The summed E-state index contributed by atoms with van der Waals surface area (Å²) in [5.74, 6) is 2.32. The first-order chi connectivity index (χ1) is 13.6. The molecule has 2 N–H and O–H groups in total. The lowest BCUT2D eigenvalue weighted by molar-refractivity contribution is 0.287. The highest BCUT2D eigenvalue weighted by Crippen LogP contribution is 2.30. The fourth-order valence-corrected chi connectivity index (χ4v) is 3.43. The molecule has 2 rings (SSSR count). The van der Waals surface area contributed by atoms with Gasteiger partial charge in [-0.05, 0) is 51.8 Å². The number of ether oxygens (including phenoxy) is 2. The van der Waals surface area contributed by atoms with Crippen molar-refractivity contribution in [2.45, 2.75) is 53.6 Å². The molecule has 0 saturated carbocycles. The van der Waals surface area contributed by atoms with E-state index >= 15 is 0 Å². The van der Waals surface area contributed by atoms with Crippen LogP contribution in [0.3, 0.4) is 0 Å². The topological polar surface area (TPSA) is 67.8 Å². The summed E-state index contributed by atoms with van der Waals surface area (Å²) in [4.78, 5) is 9.27. The Hall–Kier alpha value is -2.28. The van der Waals surface area contributed by atoms with Gasteiger partial charge in [-0.15, -0.1) is 11.3 Å². The summed E-state index contributed by atoms with van der Waals surface area (Å²) in [6.45, 7) is 12.8. The predicted octanol–water partition coefficient (Wildman–Crippen LogP) is 4.32. The fourth-order valence-electron chi connectivity index (χ4n) is 2.69. The quantitative estimate of drug-likeness (QED) is 0.456. The number of aliphatic imine (C=N–C) groups is 1. The lowest BCUT2D eigenvalue weighted by atomic mass is 10.1. The first-order valence-electron chi connectivity index (χ1n) is 9.98. The third-order valence-corrected chi connectivity index (χ3v) is 5.11. The highest BCUT2D eigenvalue weighted by Gasteiger charge is 2.12. The molecule has 0 amide bonds. The molecule has 6 nitrogen and oxygen atoms in total. The molecule has 1 unspecified atom stereocenters. The highest BCUT2D eigenvalue weighted by molar-refractivity contribution is 7.09. The molecule has 154 valence electrons. The van der Waals surface area contributed by atoms with Crippen LogP contribution in [-0.2, 0) is 13.0 Å². The van der Waals surface area contributed by atoms with Gasteiger partial charge in [0.2, 0.25) is 0 Å². The van der Waals surface area contributed by atoms with Crippen LogP contribution >= 0.6 is 11.3 Å². The maximum absolute atomic E-state index is 5.75. The van der Waals surface area contributed by atoms with Gasteiger partial charge in [-0.2, -0.15) is 0 Å². The number of aryl methyl sites for hydroxylation is 1. The number of nitrogens with one attached hydrogen (secondary N) is 2. The van der Waals surface area contributed by atoms with E-state index in [0.717, 1.165) is 46.7 Å². The smallest absolute Gasteiger partial charge is 0.192 e. The molecular formula is C21H32N4O2S. The summed E-state index contributed by atoms with van der Waals surface area (Å²) < 4.78 is 11.4. The minimum absolute atomic E-state index is 0.0642. The number of hydrogen-bond donors (Lipinski definition) is 2. The lowest BCUT2D eigenvalue weighted by Crippen LogP contribution is -2.38. The van der Waals surface area contributed by atoms with E-state index in [2.05, 4.69) is 52.8 Å². The number of thiazole rings is 1. The standard InChI is InChI=1S/C21H32N4O2S/c1-6-20-25-17(14-28-20)13-23-21(22-7-2)24-15(5)16-10-11-18(26-8-3)19(12-16)27-9-4/h10-12,14-15H,6-9,13H2,1-5H3,(H2,22,23,24). The van der Waals surface area contributed by atoms with Gasteiger partial charge in [0.05, 0.1) is 36.5 Å². The Labute approximate surface area is 172 Å².